The maximum atomic E-state index is 12.0. The van der Waals surface area contributed by atoms with Crippen LogP contribution in [0.3, 0.4) is 0 Å². The number of nitrogens with one attached hydrogen (secondary N) is 1. The maximum Gasteiger partial charge on any atom is 0.260 e. The van der Waals surface area contributed by atoms with Crippen LogP contribution in [0.2, 0.25) is 0 Å². The molecular weight excluding hydrogens is 306 g/mol. The Morgan fingerprint density at radius 2 is 1.79 bits per heavy atom. The highest BCUT2D eigenvalue weighted by Gasteiger charge is 2.14. The highest BCUT2D eigenvalue weighted by molar-refractivity contribution is 5.80. The van der Waals surface area contributed by atoms with Crippen LogP contribution in [0.4, 0.5) is 0 Å². The molecule has 5 nitrogen and oxygen atoms in total. The van der Waals surface area contributed by atoms with Gasteiger partial charge in [0.05, 0.1) is 13.7 Å². The Morgan fingerprint density at radius 3 is 2.54 bits per heavy atom. The summed E-state index contributed by atoms with van der Waals surface area (Å²) in [4.78, 5) is 12.0. The second-order valence-electron chi connectivity index (χ2n) is 5.40. The van der Waals surface area contributed by atoms with Crippen molar-refractivity contribution in [1.82, 2.24) is 5.32 Å². The van der Waals surface area contributed by atoms with Gasteiger partial charge in [-0.05, 0) is 43.7 Å². The van der Waals surface area contributed by atoms with Gasteiger partial charge in [-0.15, -0.1) is 0 Å². The second-order valence-corrected chi connectivity index (χ2v) is 5.40. The number of hydrogen-bond acceptors (Lipinski definition) is 4. The summed E-state index contributed by atoms with van der Waals surface area (Å²) < 4.78 is 16.3. The molecule has 0 fully saturated rings. The van der Waals surface area contributed by atoms with Crippen LogP contribution in [-0.2, 0) is 4.79 Å². The van der Waals surface area contributed by atoms with E-state index in [1.54, 1.807) is 26.2 Å². The molecule has 0 spiro atoms. The molecule has 2 aromatic rings. The molecule has 0 bridgehead atoms. The molecule has 2 aromatic carbocycles. The Morgan fingerprint density at radius 1 is 1.08 bits per heavy atom. The van der Waals surface area contributed by atoms with Crippen LogP contribution in [0.15, 0.2) is 48.5 Å². The van der Waals surface area contributed by atoms with E-state index in [0.717, 1.165) is 11.3 Å². The highest BCUT2D eigenvalue weighted by Crippen LogP contribution is 2.19. The fourth-order valence-corrected chi connectivity index (χ4v) is 2.12. The highest BCUT2D eigenvalue weighted by atomic mass is 16.5. The Balaban J connectivity index is 1.73. The first-order valence-electron chi connectivity index (χ1n) is 7.86. The number of benzene rings is 2. The molecule has 0 aliphatic heterocycles. The number of rotatable bonds is 8. The topological polar surface area (TPSA) is 56.8 Å². The van der Waals surface area contributed by atoms with Crippen molar-refractivity contribution in [2.75, 3.05) is 20.3 Å². The molecule has 0 heterocycles. The van der Waals surface area contributed by atoms with Gasteiger partial charge in [-0.1, -0.05) is 18.2 Å². The van der Waals surface area contributed by atoms with Crippen molar-refractivity contribution in [1.29, 1.82) is 0 Å². The van der Waals surface area contributed by atoms with E-state index in [-0.39, 0.29) is 5.91 Å². The number of hydrogen-bond donors (Lipinski definition) is 1. The fourth-order valence-electron chi connectivity index (χ4n) is 2.12. The van der Waals surface area contributed by atoms with Gasteiger partial charge in [0.2, 0.25) is 0 Å². The number of methoxy groups -OCH3 is 1. The number of aryl methyl sites for hydroxylation is 1. The second kappa shape index (κ2) is 8.82. The zero-order valence-corrected chi connectivity index (χ0v) is 14.2. The number of carbonyl (C=O) groups is 1. The molecule has 0 aromatic heterocycles. The van der Waals surface area contributed by atoms with Crippen molar-refractivity contribution < 1.29 is 19.0 Å². The lowest BCUT2D eigenvalue weighted by molar-refractivity contribution is -0.127. The summed E-state index contributed by atoms with van der Waals surface area (Å²) in [5.41, 5.74) is 1.14. The molecule has 1 N–H and O–H groups in total. The molecule has 0 aliphatic rings. The lowest BCUT2D eigenvalue weighted by Gasteiger charge is -2.15. The Hall–Kier alpha value is -2.69. The minimum Gasteiger partial charge on any atom is -0.497 e. The first kappa shape index (κ1) is 17.7. The molecule has 1 amide bonds. The summed E-state index contributed by atoms with van der Waals surface area (Å²) in [6.07, 6.45) is -0.601. The SMILES string of the molecule is COc1cccc(O[C@H](C)C(=O)NCCOc2cccc(C)c2)c1. The van der Waals surface area contributed by atoms with Gasteiger partial charge in [-0.3, -0.25) is 4.79 Å². The van der Waals surface area contributed by atoms with Gasteiger partial charge in [-0.25, -0.2) is 0 Å². The van der Waals surface area contributed by atoms with Crippen molar-refractivity contribution >= 4 is 5.91 Å². The van der Waals surface area contributed by atoms with E-state index >= 15 is 0 Å². The van der Waals surface area contributed by atoms with E-state index in [9.17, 15) is 4.79 Å². The Labute approximate surface area is 142 Å². The van der Waals surface area contributed by atoms with E-state index in [1.165, 1.54) is 0 Å². The van der Waals surface area contributed by atoms with E-state index in [1.807, 2.05) is 43.3 Å². The third-order valence-corrected chi connectivity index (χ3v) is 3.38. The lowest BCUT2D eigenvalue weighted by atomic mass is 10.2. The average molecular weight is 329 g/mol. The lowest BCUT2D eigenvalue weighted by Crippen LogP contribution is -2.38. The summed E-state index contributed by atoms with van der Waals surface area (Å²) in [6.45, 7) is 4.53. The normalized spacial score (nSPS) is 11.5. The van der Waals surface area contributed by atoms with Gasteiger partial charge in [0.15, 0.2) is 6.10 Å². The Bertz CT molecular complexity index is 672. The van der Waals surface area contributed by atoms with Crippen LogP contribution in [0.5, 0.6) is 17.2 Å². The van der Waals surface area contributed by atoms with Crippen LogP contribution >= 0.6 is 0 Å². The number of carbonyl (C=O) groups excluding carboxylic acids is 1. The summed E-state index contributed by atoms with van der Waals surface area (Å²) in [5.74, 6) is 1.88. The van der Waals surface area contributed by atoms with E-state index in [4.69, 9.17) is 14.2 Å². The standard InChI is InChI=1S/C19H23NO4/c1-14-6-4-8-17(12-14)23-11-10-20-19(21)15(2)24-18-9-5-7-16(13-18)22-3/h4-9,12-13,15H,10-11H2,1-3H3,(H,20,21)/t15-/m1/s1. The quantitative estimate of drug-likeness (QED) is 0.757. The smallest absolute Gasteiger partial charge is 0.260 e. The van der Waals surface area contributed by atoms with E-state index in [0.29, 0.717) is 24.7 Å². The summed E-state index contributed by atoms with van der Waals surface area (Å²) >= 11 is 0. The van der Waals surface area contributed by atoms with E-state index in [2.05, 4.69) is 5.32 Å². The summed E-state index contributed by atoms with van der Waals surface area (Å²) in [6, 6.07) is 15.0. The first-order valence-corrected chi connectivity index (χ1v) is 7.86. The average Bonchev–Trinajstić information content (AvgIpc) is 2.58. The Kier molecular flexibility index (Phi) is 6.49. The predicted octanol–water partition coefficient (Wildman–Crippen LogP) is 2.97. The fraction of sp³-hybridized carbons (Fsp3) is 0.316. The van der Waals surface area contributed by atoms with Gasteiger partial charge >= 0.3 is 0 Å². The van der Waals surface area contributed by atoms with Gasteiger partial charge in [0, 0.05) is 6.07 Å². The molecule has 0 saturated carbocycles. The van der Waals surface area contributed by atoms with Gasteiger partial charge in [0.1, 0.15) is 23.9 Å². The largest absolute Gasteiger partial charge is 0.497 e. The van der Waals surface area contributed by atoms with Crippen molar-refractivity contribution in [3.8, 4) is 17.2 Å². The van der Waals surface area contributed by atoms with Gasteiger partial charge < -0.3 is 19.5 Å². The zero-order valence-electron chi connectivity index (χ0n) is 14.2. The number of ether oxygens (including phenoxy) is 3. The van der Waals surface area contributed by atoms with Crippen molar-refractivity contribution in [2.45, 2.75) is 20.0 Å². The zero-order chi connectivity index (χ0) is 17.4. The van der Waals surface area contributed by atoms with Crippen LogP contribution in [0, 0.1) is 6.92 Å². The third-order valence-electron chi connectivity index (χ3n) is 3.38. The third kappa shape index (κ3) is 5.50. The minimum atomic E-state index is -0.601. The summed E-state index contributed by atoms with van der Waals surface area (Å²) in [7, 11) is 1.59. The summed E-state index contributed by atoms with van der Waals surface area (Å²) in [5, 5.41) is 2.80. The molecule has 2 rings (SSSR count). The van der Waals surface area contributed by atoms with Crippen LogP contribution in [0.1, 0.15) is 12.5 Å². The van der Waals surface area contributed by atoms with Gasteiger partial charge in [0.25, 0.3) is 5.91 Å². The van der Waals surface area contributed by atoms with Crippen molar-refractivity contribution in [3.63, 3.8) is 0 Å². The minimum absolute atomic E-state index is 0.189. The predicted molar refractivity (Wildman–Crippen MR) is 92.8 cm³/mol. The van der Waals surface area contributed by atoms with E-state index < -0.39 is 6.10 Å². The molecule has 128 valence electrons. The molecule has 0 radical (unpaired) electrons. The molecular formula is C19H23NO4. The molecule has 0 aliphatic carbocycles. The van der Waals surface area contributed by atoms with Crippen molar-refractivity contribution in [3.05, 3.63) is 54.1 Å². The molecule has 1 atom stereocenters. The van der Waals surface area contributed by atoms with Crippen molar-refractivity contribution in [2.24, 2.45) is 0 Å². The number of amides is 1. The monoisotopic (exact) mass is 329 g/mol. The van der Waals surface area contributed by atoms with Crippen LogP contribution in [-0.4, -0.2) is 32.3 Å². The van der Waals surface area contributed by atoms with Crippen LogP contribution < -0.4 is 19.5 Å². The maximum absolute atomic E-state index is 12.0. The molecule has 0 unspecified atom stereocenters. The van der Waals surface area contributed by atoms with Crippen LogP contribution in [0.25, 0.3) is 0 Å². The molecule has 0 saturated heterocycles. The molecule has 5 heteroatoms. The molecule has 24 heavy (non-hydrogen) atoms. The first-order chi connectivity index (χ1) is 11.6. The van der Waals surface area contributed by atoms with Gasteiger partial charge in [-0.2, -0.15) is 0 Å².